The fraction of sp³-hybridized carbons (Fsp3) is 0.143. The summed E-state index contributed by atoms with van der Waals surface area (Å²) < 4.78 is 4.84. The molecule has 0 atom stereocenters. The lowest BCUT2D eigenvalue weighted by atomic mass is 10.3. The second kappa shape index (κ2) is 4.56. The highest BCUT2D eigenvalue weighted by atomic mass is 35.5. The number of carbonyl (C=O) groups excluding carboxylic acids is 1. The van der Waals surface area contributed by atoms with Crippen LogP contribution in [0, 0.1) is 0 Å². The molecule has 0 saturated carbocycles. The quantitative estimate of drug-likeness (QED) is 0.740. The number of nitrogens with zero attached hydrogens (tertiary/aromatic N) is 1. The van der Waals surface area contributed by atoms with Crippen molar-refractivity contribution in [2.24, 2.45) is 5.73 Å². The van der Waals surface area contributed by atoms with Crippen molar-refractivity contribution >= 4 is 18.3 Å². The fourth-order valence-corrected chi connectivity index (χ4v) is 0.740. The summed E-state index contributed by atoms with van der Waals surface area (Å²) in [5, 5.41) is 0. The summed E-state index contributed by atoms with van der Waals surface area (Å²) in [6.07, 6.45) is 1.49. The molecule has 0 saturated heterocycles. The van der Waals surface area contributed by atoms with Crippen LogP contribution in [0.5, 0.6) is 5.75 Å². The van der Waals surface area contributed by atoms with E-state index in [1.54, 1.807) is 12.1 Å². The molecule has 12 heavy (non-hydrogen) atoms. The fourth-order valence-electron chi connectivity index (χ4n) is 0.740. The normalized spacial score (nSPS) is 8.42. The molecular formula is C7H9ClN2O2. The van der Waals surface area contributed by atoms with E-state index >= 15 is 0 Å². The van der Waals surface area contributed by atoms with Crippen molar-refractivity contribution in [3.05, 3.63) is 24.0 Å². The Morgan fingerprint density at radius 1 is 1.67 bits per heavy atom. The molecule has 2 N–H and O–H groups in total. The molecule has 0 aliphatic heterocycles. The molecule has 4 nitrogen and oxygen atoms in total. The van der Waals surface area contributed by atoms with Gasteiger partial charge >= 0.3 is 0 Å². The van der Waals surface area contributed by atoms with Crippen molar-refractivity contribution in [3.63, 3.8) is 0 Å². The lowest BCUT2D eigenvalue weighted by Crippen LogP contribution is -2.14. The van der Waals surface area contributed by atoms with Gasteiger partial charge in [-0.3, -0.25) is 4.79 Å². The highest BCUT2D eigenvalue weighted by molar-refractivity contribution is 5.93. The van der Waals surface area contributed by atoms with E-state index in [2.05, 4.69) is 4.98 Å². The summed E-state index contributed by atoms with van der Waals surface area (Å²) >= 11 is 0. The molecule has 1 heterocycles. The van der Waals surface area contributed by atoms with Gasteiger partial charge in [0.1, 0.15) is 5.75 Å². The number of nitrogens with two attached hydrogens (primary N) is 1. The Hall–Kier alpha value is -1.29. The molecule has 0 aliphatic rings. The number of pyridine rings is 1. The third-order valence-corrected chi connectivity index (χ3v) is 1.22. The van der Waals surface area contributed by atoms with E-state index in [1.807, 2.05) is 0 Å². The van der Waals surface area contributed by atoms with Gasteiger partial charge in [0.05, 0.1) is 7.11 Å². The molecule has 5 heteroatoms. The van der Waals surface area contributed by atoms with Gasteiger partial charge in [-0.2, -0.15) is 0 Å². The van der Waals surface area contributed by atoms with Crippen molar-refractivity contribution in [2.75, 3.05) is 7.11 Å². The van der Waals surface area contributed by atoms with Crippen LogP contribution in [0.1, 0.15) is 10.5 Å². The minimum atomic E-state index is -0.581. The van der Waals surface area contributed by atoms with E-state index in [1.165, 1.54) is 13.3 Å². The SMILES string of the molecule is COc1cccnc1C(N)=O.Cl. The number of aromatic nitrogens is 1. The first-order valence-corrected chi connectivity index (χ1v) is 3.04. The minimum Gasteiger partial charge on any atom is -0.494 e. The Morgan fingerprint density at radius 2 is 2.33 bits per heavy atom. The highest BCUT2D eigenvalue weighted by Gasteiger charge is 2.07. The maximum absolute atomic E-state index is 10.7. The minimum absolute atomic E-state index is 0. The standard InChI is InChI=1S/C7H8N2O2.ClH/c1-11-5-3-2-4-9-6(5)7(8)10;/h2-4H,1H3,(H2,8,10);1H. The molecule has 1 rings (SSSR count). The third-order valence-electron chi connectivity index (χ3n) is 1.22. The molecule has 1 amide bonds. The Kier molecular flexibility index (Phi) is 4.07. The first-order chi connectivity index (χ1) is 5.25. The maximum atomic E-state index is 10.7. The van der Waals surface area contributed by atoms with Gasteiger partial charge in [-0.25, -0.2) is 4.98 Å². The zero-order valence-corrected chi connectivity index (χ0v) is 7.30. The van der Waals surface area contributed by atoms with Crippen LogP contribution >= 0.6 is 12.4 Å². The van der Waals surface area contributed by atoms with Crippen LogP contribution in [0.15, 0.2) is 18.3 Å². The zero-order chi connectivity index (χ0) is 8.27. The molecule has 66 valence electrons. The molecule has 1 aromatic heterocycles. The molecule has 0 unspecified atom stereocenters. The van der Waals surface area contributed by atoms with Gasteiger partial charge in [-0.05, 0) is 12.1 Å². The zero-order valence-electron chi connectivity index (χ0n) is 6.48. The van der Waals surface area contributed by atoms with Crippen molar-refractivity contribution < 1.29 is 9.53 Å². The Bertz CT molecular complexity index is 278. The molecule has 0 spiro atoms. The number of hydrogen-bond donors (Lipinski definition) is 1. The van der Waals surface area contributed by atoms with Crippen molar-refractivity contribution in [3.8, 4) is 5.75 Å². The van der Waals surface area contributed by atoms with E-state index in [9.17, 15) is 4.79 Å². The van der Waals surface area contributed by atoms with E-state index in [4.69, 9.17) is 10.5 Å². The van der Waals surface area contributed by atoms with Crippen LogP contribution in [0.25, 0.3) is 0 Å². The largest absolute Gasteiger partial charge is 0.494 e. The summed E-state index contributed by atoms with van der Waals surface area (Å²) in [6.45, 7) is 0. The smallest absolute Gasteiger partial charge is 0.271 e. The lowest BCUT2D eigenvalue weighted by Gasteiger charge is -2.01. The van der Waals surface area contributed by atoms with Crippen molar-refractivity contribution in [1.29, 1.82) is 0 Å². The van der Waals surface area contributed by atoms with Crippen LogP contribution in [-0.4, -0.2) is 18.0 Å². The van der Waals surface area contributed by atoms with Gasteiger partial charge in [-0.1, -0.05) is 0 Å². The monoisotopic (exact) mass is 188 g/mol. The lowest BCUT2D eigenvalue weighted by molar-refractivity contribution is 0.0992. The first kappa shape index (κ1) is 10.7. The summed E-state index contributed by atoms with van der Waals surface area (Å²) in [5.74, 6) is -0.178. The van der Waals surface area contributed by atoms with Gasteiger partial charge < -0.3 is 10.5 Å². The van der Waals surface area contributed by atoms with Crippen molar-refractivity contribution in [1.82, 2.24) is 4.98 Å². The Morgan fingerprint density at radius 3 is 2.75 bits per heavy atom. The summed E-state index contributed by atoms with van der Waals surface area (Å²) in [7, 11) is 1.46. The number of carbonyl (C=O) groups is 1. The van der Waals surface area contributed by atoms with Gasteiger partial charge in [0, 0.05) is 6.20 Å². The van der Waals surface area contributed by atoms with E-state index in [-0.39, 0.29) is 18.1 Å². The van der Waals surface area contributed by atoms with E-state index < -0.39 is 5.91 Å². The van der Waals surface area contributed by atoms with E-state index in [0.717, 1.165) is 0 Å². The summed E-state index contributed by atoms with van der Waals surface area (Å²) in [4.78, 5) is 14.4. The van der Waals surface area contributed by atoms with Crippen LogP contribution in [0.3, 0.4) is 0 Å². The van der Waals surface area contributed by atoms with Gasteiger partial charge in [0.25, 0.3) is 5.91 Å². The number of methoxy groups -OCH3 is 1. The molecule has 0 bridgehead atoms. The number of primary amides is 1. The van der Waals surface area contributed by atoms with Crippen LogP contribution in [-0.2, 0) is 0 Å². The van der Waals surface area contributed by atoms with Crippen LogP contribution < -0.4 is 10.5 Å². The second-order valence-electron chi connectivity index (χ2n) is 1.92. The van der Waals surface area contributed by atoms with Gasteiger partial charge in [-0.15, -0.1) is 12.4 Å². The average molecular weight is 189 g/mol. The molecule has 1 aromatic rings. The molecule has 0 aliphatic carbocycles. The Balaban J connectivity index is 0.00000121. The summed E-state index contributed by atoms with van der Waals surface area (Å²) in [6, 6.07) is 3.30. The maximum Gasteiger partial charge on any atom is 0.271 e. The topological polar surface area (TPSA) is 65.2 Å². The van der Waals surface area contributed by atoms with Gasteiger partial charge in [0.2, 0.25) is 0 Å². The number of hydrogen-bond acceptors (Lipinski definition) is 3. The molecular weight excluding hydrogens is 180 g/mol. The Labute approximate surface area is 76.1 Å². The summed E-state index contributed by atoms with van der Waals surface area (Å²) in [5.41, 5.74) is 5.17. The third kappa shape index (κ3) is 2.10. The number of amides is 1. The van der Waals surface area contributed by atoms with Crippen molar-refractivity contribution in [2.45, 2.75) is 0 Å². The van der Waals surface area contributed by atoms with Crippen LogP contribution in [0.2, 0.25) is 0 Å². The van der Waals surface area contributed by atoms with Crippen LogP contribution in [0.4, 0.5) is 0 Å². The molecule has 0 radical (unpaired) electrons. The highest BCUT2D eigenvalue weighted by Crippen LogP contribution is 2.12. The second-order valence-corrected chi connectivity index (χ2v) is 1.92. The number of ether oxygens (including phenoxy) is 1. The van der Waals surface area contributed by atoms with Gasteiger partial charge in [0.15, 0.2) is 5.69 Å². The molecule has 0 aromatic carbocycles. The number of halogens is 1. The number of rotatable bonds is 2. The predicted molar refractivity (Wildman–Crippen MR) is 46.6 cm³/mol. The van der Waals surface area contributed by atoms with E-state index in [0.29, 0.717) is 5.75 Å². The molecule has 0 fully saturated rings. The average Bonchev–Trinajstić information content (AvgIpc) is 2.04. The predicted octanol–water partition coefficient (Wildman–Crippen LogP) is 0.611. The first-order valence-electron chi connectivity index (χ1n) is 3.04.